The Bertz CT molecular complexity index is 607. The summed E-state index contributed by atoms with van der Waals surface area (Å²) in [5.74, 6) is 6.04. The van der Waals surface area contributed by atoms with Crippen LogP contribution in [0.3, 0.4) is 0 Å². The lowest BCUT2D eigenvalue weighted by Gasteiger charge is -2.61. The Kier molecular flexibility index (Phi) is 6.04. The summed E-state index contributed by atoms with van der Waals surface area (Å²) in [7, 11) is 0. The Balaban J connectivity index is 1.48. The molecule has 0 saturated heterocycles. The molecular formula is C28H48O. The third kappa shape index (κ3) is 3.56. The predicted octanol–water partition coefficient (Wildman–Crippen LogP) is 7.63. The van der Waals surface area contributed by atoms with Crippen molar-refractivity contribution in [2.75, 3.05) is 0 Å². The van der Waals surface area contributed by atoms with Crippen molar-refractivity contribution >= 4 is 0 Å². The van der Waals surface area contributed by atoms with Crippen LogP contribution in [0.25, 0.3) is 0 Å². The molecule has 4 rings (SSSR count). The molecule has 1 N–H and O–H groups in total. The first kappa shape index (κ1) is 21.9. The van der Waals surface area contributed by atoms with Gasteiger partial charge in [0.1, 0.15) is 0 Å². The van der Waals surface area contributed by atoms with Gasteiger partial charge in [-0.25, -0.2) is 0 Å². The molecular weight excluding hydrogens is 352 g/mol. The molecule has 0 heterocycles. The third-order valence-corrected chi connectivity index (χ3v) is 10.9. The van der Waals surface area contributed by atoms with Crippen molar-refractivity contribution < 1.29 is 5.11 Å². The van der Waals surface area contributed by atoms with Gasteiger partial charge in [0.05, 0.1) is 6.10 Å². The first-order chi connectivity index (χ1) is 13.7. The maximum atomic E-state index is 10.4. The molecule has 0 aromatic carbocycles. The summed E-state index contributed by atoms with van der Waals surface area (Å²) in [5.41, 5.74) is 2.17. The summed E-state index contributed by atoms with van der Waals surface area (Å²) in [5, 5.41) is 10.4. The lowest BCUT2D eigenvalue weighted by molar-refractivity contribution is -0.111. The summed E-state index contributed by atoms with van der Waals surface area (Å²) < 4.78 is 0. The smallest absolute Gasteiger partial charge is 0.0750 e. The minimum Gasteiger partial charge on any atom is -0.389 e. The normalized spacial score (nSPS) is 48.2. The number of aliphatic hydroxyl groups is 1. The first-order valence-electron chi connectivity index (χ1n) is 13.0. The monoisotopic (exact) mass is 400 g/mol. The number of hydrogen-bond acceptors (Lipinski definition) is 1. The van der Waals surface area contributed by atoms with Crippen LogP contribution >= 0.6 is 0 Å². The number of aliphatic hydroxyl groups excluding tert-OH is 1. The van der Waals surface area contributed by atoms with Crippen LogP contribution in [0.15, 0.2) is 12.2 Å². The number of rotatable bonds is 5. The summed E-state index contributed by atoms with van der Waals surface area (Å²) >= 11 is 0. The van der Waals surface area contributed by atoms with Gasteiger partial charge in [0, 0.05) is 0 Å². The number of fused-ring (bicyclic) bond motifs is 5. The van der Waals surface area contributed by atoms with Crippen molar-refractivity contribution in [2.45, 2.75) is 111 Å². The van der Waals surface area contributed by atoms with Crippen LogP contribution in [0, 0.1) is 52.3 Å². The fraction of sp³-hybridized carbons (Fsp3) is 0.929. The Morgan fingerprint density at radius 3 is 2.31 bits per heavy atom. The van der Waals surface area contributed by atoms with Crippen LogP contribution in [-0.4, -0.2) is 11.2 Å². The van der Waals surface area contributed by atoms with Gasteiger partial charge in [0.15, 0.2) is 0 Å². The van der Waals surface area contributed by atoms with E-state index in [1.54, 1.807) is 0 Å². The maximum absolute atomic E-state index is 10.4. The van der Waals surface area contributed by atoms with Crippen LogP contribution in [-0.2, 0) is 0 Å². The van der Waals surface area contributed by atoms with Gasteiger partial charge in [-0.05, 0) is 109 Å². The fourth-order valence-electron chi connectivity index (χ4n) is 9.31. The summed E-state index contributed by atoms with van der Waals surface area (Å²) in [6, 6.07) is 0. The van der Waals surface area contributed by atoms with E-state index < -0.39 is 0 Å². The molecule has 166 valence electrons. The third-order valence-electron chi connectivity index (χ3n) is 10.9. The molecule has 29 heavy (non-hydrogen) atoms. The van der Waals surface area contributed by atoms with E-state index in [1.165, 1.54) is 69.8 Å². The van der Waals surface area contributed by atoms with Gasteiger partial charge in [-0.3, -0.25) is 0 Å². The summed E-state index contributed by atoms with van der Waals surface area (Å²) in [6.45, 7) is 17.0. The molecule has 1 nitrogen and oxygen atoms in total. The average molecular weight is 401 g/mol. The molecule has 0 aromatic rings. The molecule has 4 fully saturated rings. The van der Waals surface area contributed by atoms with Crippen LogP contribution < -0.4 is 0 Å². The van der Waals surface area contributed by atoms with Crippen molar-refractivity contribution in [3.63, 3.8) is 0 Å². The second kappa shape index (κ2) is 7.99. The quantitative estimate of drug-likeness (QED) is 0.470. The zero-order valence-corrected chi connectivity index (χ0v) is 20.1. The Labute approximate surface area is 181 Å². The van der Waals surface area contributed by atoms with Crippen molar-refractivity contribution in [2.24, 2.45) is 52.3 Å². The average Bonchev–Trinajstić information content (AvgIpc) is 3.02. The Hall–Kier alpha value is -0.300. The fourth-order valence-corrected chi connectivity index (χ4v) is 9.31. The molecule has 0 bridgehead atoms. The van der Waals surface area contributed by atoms with Gasteiger partial charge in [-0.15, -0.1) is 0 Å². The van der Waals surface area contributed by atoms with E-state index in [4.69, 9.17) is 0 Å². The molecule has 0 aromatic heterocycles. The number of hydrogen-bond donors (Lipinski definition) is 1. The van der Waals surface area contributed by atoms with Gasteiger partial charge in [0.2, 0.25) is 0 Å². The highest BCUT2D eigenvalue weighted by Crippen LogP contribution is 2.68. The molecule has 1 heteroatoms. The molecule has 0 aliphatic heterocycles. The SMILES string of the molecule is C=C1[C@H](O)CC[C@@]2(C)[C@H]1CC[C@@H]1[C@@H]2CC[C@]2(C)[C@@H]([C@H](C)CCCC(C)C)CC[C@@H]12. The maximum Gasteiger partial charge on any atom is 0.0750 e. The lowest BCUT2D eigenvalue weighted by atomic mass is 9.44. The first-order valence-corrected chi connectivity index (χ1v) is 13.0. The van der Waals surface area contributed by atoms with Crippen molar-refractivity contribution in [3.05, 3.63) is 12.2 Å². The van der Waals surface area contributed by atoms with Crippen LogP contribution in [0.5, 0.6) is 0 Å². The Morgan fingerprint density at radius 2 is 1.59 bits per heavy atom. The predicted molar refractivity (Wildman–Crippen MR) is 124 cm³/mol. The van der Waals surface area contributed by atoms with Crippen LogP contribution in [0.2, 0.25) is 0 Å². The summed E-state index contributed by atoms with van der Waals surface area (Å²) in [4.78, 5) is 0. The minimum atomic E-state index is -0.235. The Morgan fingerprint density at radius 1 is 0.897 bits per heavy atom. The highest BCUT2D eigenvalue weighted by atomic mass is 16.3. The molecule has 4 aliphatic rings. The zero-order valence-electron chi connectivity index (χ0n) is 20.1. The van der Waals surface area contributed by atoms with E-state index >= 15 is 0 Å². The summed E-state index contributed by atoms with van der Waals surface area (Å²) in [6.07, 6.45) is 14.7. The second-order valence-corrected chi connectivity index (χ2v) is 12.7. The molecule has 4 aliphatic carbocycles. The van der Waals surface area contributed by atoms with Crippen molar-refractivity contribution in [3.8, 4) is 0 Å². The van der Waals surface area contributed by atoms with Gasteiger partial charge in [-0.1, -0.05) is 60.5 Å². The van der Waals surface area contributed by atoms with Gasteiger partial charge in [-0.2, -0.15) is 0 Å². The minimum absolute atomic E-state index is 0.235. The highest BCUT2D eigenvalue weighted by Gasteiger charge is 2.61. The molecule has 4 saturated carbocycles. The van der Waals surface area contributed by atoms with Gasteiger partial charge < -0.3 is 5.11 Å². The zero-order chi connectivity index (χ0) is 21.0. The van der Waals surface area contributed by atoms with E-state index in [1.807, 2.05) is 0 Å². The van der Waals surface area contributed by atoms with Crippen LogP contribution in [0.4, 0.5) is 0 Å². The standard InChI is InChI=1S/C28H48O/c1-18(2)8-7-9-19(3)22-12-13-24-21-10-11-23-20(4)26(29)15-17-28(23,6)25(21)14-16-27(22,24)5/h18-19,21-26,29H,4,7-17H2,1-3,5-6H3/t19-,21+,22-,23+,24+,25+,26-,27-,28+/m1/s1. The van der Waals surface area contributed by atoms with Gasteiger partial charge >= 0.3 is 0 Å². The lowest BCUT2D eigenvalue weighted by Crippen LogP contribution is -2.54. The van der Waals surface area contributed by atoms with Crippen LogP contribution in [0.1, 0.15) is 105 Å². The second-order valence-electron chi connectivity index (χ2n) is 12.7. The van der Waals surface area contributed by atoms with E-state index in [2.05, 4.69) is 41.2 Å². The van der Waals surface area contributed by atoms with E-state index in [-0.39, 0.29) is 6.10 Å². The van der Waals surface area contributed by atoms with E-state index in [0.29, 0.717) is 16.7 Å². The van der Waals surface area contributed by atoms with E-state index in [9.17, 15) is 5.11 Å². The van der Waals surface area contributed by atoms with Gasteiger partial charge in [0.25, 0.3) is 0 Å². The molecule has 0 spiro atoms. The molecule has 0 amide bonds. The highest BCUT2D eigenvalue weighted by molar-refractivity contribution is 5.20. The van der Waals surface area contributed by atoms with E-state index in [0.717, 1.165) is 41.9 Å². The molecule has 0 radical (unpaired) electrons. The molecule has 9 atom stereocenters. The largest absolute Gasteiger partial charge is 0.389 e. The molecule has 0 unspecified atom stereocenters. The van der Waals surface area contributed by atoms with Crippen molar-refractivity contribution in [1.82, 2.24) is 0 Å². The van der Waals surface area contributed by atoms with Crippen molar-refractivity contribution in [1.29, 1.82) is 0 Å². The topological polar surface area (TPSA) is 20.2 Å².